The van der Waals surface area contributed by atoms with E-state index in [1.165, 1.54) is 5.56 Å². The predicted octanol–water partition coefficient (Wildman–Crippen LogP) is 2.52. The molecule has 1 saturated heterocycles. The number of rotatable bonds is 1. The lowest BCUT2D eigenvalue weighted by Crippen LogP contribution is -2.41. The van der Waals surface area contributed by atoms with E-state index in [9.17, 15) is 0 Å². The van der Waals surface area contributed by atoms with Crippen LogP contribution in [0.25, 0.3) is 0 Å². The van der Waals surface area contributed by atoms with Crippen molar-refractivity contribution in [2.45, 2.75) is 58.2 Å². The second-order valence-corrected chi connectivity index (χ2v) is 6.77. The van der Waals surface area contributed by atoms with E-state index in [1.54, 1.807) is 0 Å². The molecule has 19 heavy (non-hydrogen) atoms. The first kappa shape index (κ1) is 13.4. The van der Waals surface area contributed by atoms with Gasteiger partial charge in [0.2, 0.25) is 0 Å². The minimum absolute atomic E-state index is 0.347. The summed E-state index contributed by atoms with van der Waals surface area (Å²) in [5.41, 5.74) is 2.58. The van der Waals surface area contributed by atoms with Crippen molar-refractivity contribution in [3.05, 3.63) is 22.5 Å². The Morgan fingerprint density at radius 3 is 2.42 bits per heavy atom. The van der Waals surface area contributed by atoms with E-state index in [0.717, 1.165) is 30.4 Å². The average molecular weight is 280 g/mol. The third-order valence-corrected chi connectivity index (χ3v) is 4.84. The van der Waals surface area contributed by atoms with Crippen molar-refractivity contribution < 1.29 is 9.31 Å². The van der Waals surface area contributed by atoms with Crippen molar-refractivity contribution in [2.75, 3.05) is 0 Å². The summed E-state index contributed by atoms with van der Waals surface area (Å²) in [5, 5.41) is 0.513. The Kier molecular flexibility index (Phi) is 2.97. The fourth-order valence-corrected chi connectivity index (χ4v) is 2.85. The van der Waals surface area contributed by atoms with E-state index >= 15 is 0 Å². The summed E-state index contributed by atoms with van der Waals surface area (Å²) >= 11 is 6.30. The van der Waals surface area contributed by atoms with Crippen LogP contribution in [0.15, 0.2) is 6.07 Å². The molecule has 1 aliphatic heterocycles. The zero-order valence-electron chi connectivity index (χ0n) is 11.9. The summed E-state index contributed by atoms with van der Waals surface area (Å²) in [6, 6.07) is 2.11. The first-order valence-electron chi connectivity index (χ1n) is 6.84. The number of aromatic nitrogens is 1. The van der Waals surface area contributed by atoms with Crippen molar-refractivity contribution in [1.82, 2.24) is 4.98 Å². The molecule has 0 amide bonds. The van der Waals surface area contributed by atoms with Crippen molar-refractivity contribution in [1.29, 1.82) is 0 Å². The summed E-state index contributed by atoms with van der Waals surface area (Å²) < 4.78 is 12.1. The molecule has 2 aliphatic rings. The molecule has 0 atom stereocenters. The van der Waals surface area contributed by atoms with Gasteiger partial charge in [-0.2, -0.15) is 0 Å². The number of fused-ring (bicyclic) bond motifs is 1. The highest BCUT2D eigenvalue weighted by Gasteiger charge is 2.52. The van der Waals surface area contributed by atoms with Crippen LogP contribution >= 0.6 is 11.6 Å². The normalized spacial score (nSPS) is 23.7. The molecule has 102 valence electrons. The molecule has 3 nitrogen and oxygen atoms in total. The fourth-order valence-electron chi connectivity index (χ4n) is 2.60. The molecule has 2 heterocycles. The smallest absolute Gasteiger partial charge is 0.399 e. The molecule has 0 spiro atoms. The van der Waals surface area contributed by atoms with Crippen LogP contribution in [0.5, 0.6) is 0 Å². The van der Waals surface area contributed by atoms with E-state index in [0.29, 0.717) is 5.15 Å². The predicted molar refractivity (Wildman–Crippen MR) is 77.0 cm³/mol. The molecule has 1 fully saturated rings. The average Bonchev–Trinajstić information content (AvgIpc) is 2.80. The lowest BCUT2D eigenvalue weighted by Gasteiger charge is -2.32. The monoisotopic (exact) mass is 279 g/mol. The van der Waals surface area contributed by atoms with Gasteiger partial charge >= 0.3 is 7.12 Å². The van der Waals surface area contributed by atoms with Gasteiger partial charge in [-0.1, -0.05) is 17.7 Å². The van der Waals surface area contributed by atoms with Crippen LogP contribution in [0.2, 0.25) is 5.15 Å². The third kappa shape index (κ3) is 2.10. The molecule has 1 aromatic rings. The molecule has 0 unspecified atom stereocenters. The summed E-state index contributed by atoms with van der Waals surface area (Å²) in [5.74, 6) is 0. The Balaban J connectivity index is 1.96. The summed E-state index contributed by atoms with van der Waals surface area (Å²) in [6.07, 6.45) is 3.26. The molecule has 0 aromatic carbocycles. The van der Waals surface area contributed by atoms with E-state index in [1.807, 2.05) is 27.7 Å². The summed E-state index contributed by atoms with van der Waals surface area (Å²) in [4.78, 5) is 4.50. The van der Waals surface area contributed by atoms with Gasteiger partial charge in [-0.05, 0) is 52.5 Å². The maximum absolute atomic E-state index is 6.30. The Morgan fingerprint density at radius 2 is 1.79 bits per heavy atom. The maximum atomic E-state index is 6.30. The summed E-state index contributed by atoms with van der Waals surface area (Å²) in [6.45, 7) is 8.17. The highest BCUT2D eigenvalue weighted by Crippen LogP contribution is 2.37. The van der Waals surface area contributed by atoms with Gasteiger partial charge in [0.1, 0.15) is 5.15 Å². The zero-order chi connectivity index (χ0) is 13.8. The zero-order valence-corrected chi connectivity index (χ0v) is 12.7. The van der Waals surface area contributed by atoms with Gasteiger partial charge < -0.3 is 9.31 Å². The Labute approximate surface area is 119 Å². The van der Waals surface area contributed by atoms with Gasteiger partial charge in [-0.15, -0.1) is 0 Å². The van der Waals surface area contributed by atoms with Gasteiger partial charge in [0, 0.05) is 11.2 Å². The van der Waals surface area contributed by atoms with Crippen molar-refractivity contribution in [3.8, 4) is 0 Å². The van der Waals surface area contributed by atoms with Gasteiger partial charge in [0.05, 0.1) is 11.2 Å². The van der Waals surface area contributed by atoms with E-state index < -0.39 is 7.12 Å². The quantitative estimate of drug-likeness (QED) is 0.585. The summed E-state index contributed by atoms with van der Waals surface area (Å²) in [7, 11) is -0.420. The molecular formula is C14H19BClNO2. The van der Waals surface area contributed by atoms with Crippen LogP contribution in [0.4, 0.5) is 0 Å². The van der Waals surface area contributed by atoms with E-state index in [2.05, 4.69) is 11.1 Å². The molecule has 5 heteroatoms. The number of pyridine rings is 1. The highest BCUT2D eigenvalue weighted by atomic mass is 35.5. The molecule has 0 radical (unpaired) electrons. The molecule has 0 N–H and O–H groups in total. The lowest BCUT2D eigenvalue weighted by molar-refractivity contribution is 0.00578. The Hall–Kier alpha value is -0.575. The lowest BCUT2D eigenvalue weighted by atomic mass is 9.79. The largest absolute Gasteiger partial charge is 0.498 e. The van der Waals surface area contributed by atoms with Gasteiger partial charge in [-0.3, -0.25) is 0 Å². The van der Waals surface area contributed by atoms with Gasteiger partial charge in [-0.25, -0.2) is 4.98 Å². The number of nitrogens with zero attached hydrogens (tertiary/aromatic N) is 1. The topological polar surface area (TPSA) is 31.4 Å². The third-order valence-electron chi connectivity index (χ3n) is 4.54. The van der Waals surface area contributed by atoms with Crippen LogP contribution in [0, 0.1) is 0 Å². The second-order valence-electron chi connectivity index (χ2n) is 6.42. The van der Waals surface area contributed by atoms with Crippen LogP contribution in [0.1, 0.15) is 45.4 Å². The number of halogens is 1. The maximum Gasteiger partial charge on any atom is 0.498 e. The van der Waals surface area contributed by atoms with Crippen molar-refractivity contribution in [2.24, 2.45) is 0 Å². The van der Waals surface area contributed by atoms with Crippen LogP contribution < -0.4 is 5.46 Å². The van der Waals surface area contributed by atoms with Crippen LogP contribution in [-0.2, 0) is 22.2 Å². The van der Waals surface area contributed by atoms with E-state index in [-0.39, 0.29) is 11.2 Å². The fraction of sp³-hybridized carbons (Fsp3) is 0.643. The molecule has 1 aliphatic carbocycles. The van der Waals surface area contributed by atoms with Gasteiger partial charge in [0.15, 0.2) is 0 Å². The minimum atomic E-state index is -0.420. The van der Waals surface area contributed by atoms with Crippen molar-refractivity contribution >= 4 is 24.2 Å². The number of aryl methyl sites for hydroxylation is 2. The standard InChI is InChI=1S/C14H19BClNO2/c1-13(2)14(3,4)19-15(18-13)10-8-9-6-5-7-11(9)17-12(10)16/h8H,5-7H2,1-4H3. The van der Waals surface area contributed by atoms with Crippen LogP contribution in [0.3, 0.4) is 0 Å². The number of hydrogen-bond acceptors (Lipinski definition) is 3. The Bertz CT molecular complexity index is 514. The molecule has 0 saturated carbocycles. The SMILES string of the molecule is CC1(C)OB(c2cc3c(nc2Cl)CCC3)OC1(C)C. The van der Waals surface area contributed by atoms with E-state index in [4.69, 9.17) is 20.9 Å². The Morgan fingerprint density at radius 1 is 1.16 bits per heavy atom. The van der Waals surface area contributed by atoms with Crippen LogP contribution in [-0.4, -0.2) is 23.3 Å². The highest BCUT2D eigenvalue weighted by molar-refractivity contribution is 6.65. The molecule has 0 bridgehead atoms. The first-order valence-corrected chi connectivity index (χ1v) is 7.22. The van der Waals surface area contributed by atoms with Gasteiger partial charge in [0.25, 0.3) is 0 Å². The number of hydrogen-bond donors (Lipinski definition) is 0. The molecular weight excluding hydrogens is 260 g/mol. The molecule has 1 aromatic heterocycles. The molecule has 3 rings (SSSR count). The second kappa shape index (κ2) is 4.21. The van der Waals surface area contributed by atoms with Crippen molar-refractivity contribution in [3.63, 3.8) is 0 Å². The first-order chi connectivity index (χ1) is 8.80. The minimum Gasteiger partial charge on any atom is -0.399 e.